The smallest absolute Gasteiger partial charge is 0.238 e. The van der Waals surface area contributed by atoms with Crippen molar-refractivity contribution in [1.82, 2.24) is 4.90 Å². The van der Waals surface area contributed by atoms with Gasteiger partial charge in [0.15, 0.2) is 0 Å². The molecule has 0 spiro atoms. The fraction of sp³-hybridized carbons (Fsp3) is 0.381. The topological polar surface area (TPSA) is 44.8 Å². The molecule has 28 heavy (non-hydrogen) atoms. The molecule has 2 aromatic carbocycles. The van der Waals surface area contributed by atoms with Crippen LogP contribution in [0.3, 0.4) is 0 Å². The van der Waals surface area contributed by atoms with Crippen molar-refractivity contribution in [2.45, 2.75) is 13.3 Å². The number of rotatable bonds is 5. The number of carbonyl (C=O) groups excluding carboxylic acids is 1. The average molecular weight is 406 g/mol. The van der Waals surface area contributed by atoms with Crippen molar-refractivity contribution in [3.63, 3.8) is 0 Å². The molecule has 5 nitrogen and oxygen atoms in total. The Bertz CT molecular complexity index is 829. The van der Waals surface area contributed by atoms with Crippen LogP contribution in [-0.2, 0) is 4.79 Å². The maximum atomic E-state index is 13.1. The number of aryl methyl sites for hydroxylation is 1. The fourth-order valence-electron chi connectivity index (χ4n) is 3.36. The molecule has 1 amide bonds. The van der Waals surface area contributed by atoms with E-state index >= 15 is 0 Å². The number of ether oxygens (including phenoxy) is 1. The zero-order valence-corrected chi connectivity index (χ0v) is 16.9. The number of halogens is 2. The van der Waals surface area contributed by atoms with Crippen LogP contribution in [-0.4, -0.2) is 50.6 Å². The maximum Gasteiger partial charge on any atom is 0.238 e. The number of nitrogens with one attached hydrogen (secondary N) is 1. The first-order valence-electron chi connectivity index (χ1n) is 9.33. The van der Waals surface area contributed by atoms with Gasteiger partial charge in [0.25, 0.3) is 0 Å². The highest BCUT2D eigenvalue weighted by Gasteiger charge is 2.18. The van der Waals surface area contributed by atoms with E-state index in [0.29, 0.717) is 23.0 Å². The number of amides is 1. The molecular weight excluding hydrogens is 381 g/mol. The molecule has 0 aromatic heterocycles. The van der Waals surface area contributed by atoms with Gasteiger partial charge in [0.05, 0.1) is 19.3 Å². The first-order valence-corrected chi connectivity index (χ1v) is 9.71. The Hall–Kier alpha value is -2.31. The van der Waals surface area contributed by atoms with E-state index in [4.69, 9.17) is 16.3 Å². The average Bonchev–Trinajstić information content (AvgIpc) is 2.90. The summed E-state index contributed by atoms with van der Waals surface area (Å²) in [7, 11) is 1.55. The minimum absolute atomic E-state index is 0.0877. The predicted octanol–water partition coefficient (Wildman–Crippen LogP) is 3.95. The van der Waals surface area contributed by atoms with Crippen molar-refractivity contribution in [3.8, 4) is 5.75 Å². The van der Waals surface area contributed by atoms with Gasteiger partial charge in [0.2, 0.25) is 5.91 Å². The highest BCUT2D eigenvalue weighted by Crippen LogP contribution is 2.30. The molecule has 2 aromatic rings. The maximum absolute atomic E-state index is 13.1. The third-order valence-corrected chi connectivity index (χ3v) is 5.31. The van der Waals surface area contributed by atoms with Crippen molar-refractivity contribution >= 4 is 28.9 Å². The van der Waals surface area contributed by atoms with E-state index < -0.39 is 0 Å². The molecule has 1 saturated heterocycles. The normalized spacial score (nSPS) is 15.2. The van der Waals surface area contributed by atoms with Gasteiger partial charge in [-0.3, -0.25) is 9.69 Å². The molecule has 150 valence electrons. The van der Waals surface area contributed by atoms with E-state index in [1.54, 1.807) is 25.3 Å². The molecule has 1 aliphatic rings. The van der Waals surface area contributed by atoms with Crippen LogP contribution in [0.4, 0.5) is 15.8 Å². The summed E-state index contributed by atoms with van der Waals surface area (Å²) in [4.78, 5) is 16.9. The van der Waals surface area contributed by atoms with Gasteiger partial charge in [-0.1, -0.05) is 11.6 Å². The molecular formula is C21H25ClFN3O2. The molecule has 0 radical (unpaired) electrons. The van der Waals surface area contributed by atoms with Gasteiger partial charge in [-0.2, -0.15) is 0 Å². The predicted molar refractivity (Wildman–Crippen MR) is 111 cm³/mol. The van der Waals surface area contributed by atoms with Crippen LogP contribution in [0.15, 0.2) is 36.4 Å². The number of hydrogen-bond donors (Lipinski definition) is 1. The summed E-state index contributed by atoms with van der Waals surface area (Å²) < 4.78 is 18.4. The molecule has 1 heterocycles. The molecule has 1 N–H and O–H groups in total. The molecule has 0 unspecified atom stereocenters. The Kier molecular flexibility index (Phi) is 6.75. The van der Waals surface area contributed by atoms with Crippen LogP contribution in [0.2, 0.25) is 5.02 Å². The van der Waals surface area contributed by atoms with Gasteiger partial charge in [-0.15, -0.1) is 0 Å². The van der Waals surface area contributed by atoms with Crippen LogP contribution in [0, 0.1) is 12.7 Å². The number of anilines is 2. The van der Waals surface area contributed by atoms with E-state index in [0.717, 1.165) is 43.9 Å². The quantitative estimate of drug-likeness (QED) is 0.818. The molecule has 0 saturated carbocycles. The molecule has 3 rings (SSSR count). The van der Waals surface area contributed by atoms with Crippen LogP contribution < -0.4 is 15.0 Å². The van der Waals surface area contributed by atoms with E-state index in [-0.39, 0.29) is 11.7 Å². The Morgan fingerprint density at radius 1 is 1.18 bits per heavy atom. The van der Waals surface area contributed by atoms with Gasteiger partial charge in [-0.05, 0) is 49.2 Å². The van der Waals surface area contributed by atoms with Crippen LogP contribution in [0.25, 0.3) is 0 Å². The lowest BCUT2D eigenvalue weighted by Crippen LogP contribution is -2.36. The summed E-state index contributed by atoms with van der Waals surface area (Å²) >= 11 is 6.12. The van der Waals surface area contributed by atoms with E-state index in [1.807, 2.05) is 13.0 Å². The lowest BCUT2D eigenvalue weighted by Gasteiger charge is -2.23. The second-order valence-electron chi connectivity index (χ2n) is 6.94. The summed E-state index contributed by atoms with van der Waals surface area (Å²) in [6, 6.07) is 10.1. The molecule has 1 aliphatic heterocycles. The Morgan fingerprint density at radius 3 is 2.64 bits per heavy atom. The SMILES string of the molecule is COc1cc(Cl)c(C)cc1NC(=O)CN1CCCN(c2ccc(F)cc2)CC1. The summed E-state index contributed by atoms with van der Waals surface area (Å²) in [6.07, 6.45) is 0.939. The molecule has 0 atom stereocenters. The Labute approximate surface area is 170 Å². The standard InChI is InChI=1S/C21H25ClFN3O2/c1-15-12-19(20(28-2)13-18(15)22)24-21(27)14-25-8-3-9-26(11-10-25)17-6-4-16(23)5-7-17/h4-7,12-13H,3,8-11,14H2,1-2H3,(H,24,27). The first-order chi connectivity index (χ1) is 13.5. The van der Waals surface area contributed by atoms with Crippen molar-refractivity contribution in [3.05, 3.63) is 52.8 Å². The summed E-state index contributed by atoms with van der Waals surface area (Å²) in [5.74, 6) is 0.224. The molecule has 0 aliphatic carbocycles. The lowest BCUT2D eigenvalue weighted by molar-refractivity contribution is -0.117. The summed E-state index contributed by atoms with van der Waals surface area (Å²) in [5, 5.41) is 3.53. The summed E-state index contributed by atoms with van der Waals surface area (Å²) in [5.41, 5.74) is 2.51. The minimum atomic E-state index is -0.232. The van der Waals surface area contributed by atoms with Crippen LogP contribution >= 0.6 is 11.6 Å². The van der Waals surface area contributed by atoms with Gasteiger partial charge in [0.1, 0.15) is 11.6 Å². The second-order valence-corrected chi connectivity index (χ2v) is 7.35. The molecule has 1 fully saturated rings. The molecule has 0 bridgehead atoms. The zero-order valence-electron chi connectivity index (χ0n) is 16.2. The number of nitrogens with zero attached hydrogens (tertiary/aromatic N) is 2. The monoisotopic (exact) mass is 405 g/mol. The first kappa shape index (κ1) is 20.4. The van der Waals surface area contributed by atoms with Crippen molar-refractivity contribution < 1.29 is 13.9 Å². The van der Waals surface area contributed by atoms with Gasteiger partial charge < -0.3 is 15.0 Å². The third kappa shape index (κ3) is 5.14. The van der Waals surface area contributed by atoms with E-state index in [1.165, 1.54) is 12.1 Å². The highest BCUT2D eigenvalue weighted by atomic mass is 35.5. The molecule has 7 heteroatoms. The van der Waals surface area contributed by atoms with Crippen molar-refractivity contribution in [2.75, 3.05) is 50.1 Å². The Balaban J connectivity index is 1.58. The minimum Gasteiger partial charge on any atom is -0.495 e. The fourth-order valence-corrected chi connectivity index (χ4v) is 3.52. The second kappa shape index (κ2) is 9.26. The zero-order chi connectivity index (χ0) is 20.1. The largest absolute Gasteiger partial charge is 0.495 e. The number of methoxy groups -OCH3 is 1. The number of carbonyl (C=O) groups is 1. The third-order valence-electron chi connectivity index (χ3n) is 4.90. The van der Waals surface area contributed by atoms with Crippen molar-refractivity contribution in [2.24, 2.45) is 0 Å². The van der Waals surface area contributed by atoms with Crippen LogP contribution in [0.1, 0.15) is 12.0 Å². The highest BCUT2D eigenvalue weighted by molar-refractivity contribution is 6.31. The number of benzene rings is 2. The van der Waals surface area contributed by atoms with Gasteiger partial charge in [0, 0.05) is 43.0 Å². The Morgan fingerprint density at radius 2 is 1.93 bits per heavy atom. The number of hydrogen-bond acceptors (Lipinski definition) is 4. The van der Waals surface area contributed by atoms with Gasteiger partial charge in [-0.25, -0.2) is 4.39 Å². The van der Waals surface area contributed by atoms with E-state index in [9.17, 15) is 9.18 Å². The van der Waals surface area contributed by atoms with Crippen molar-refractivity contribution in [1.29, 1.82) is 0 Å². The van der Waals surface area contributed by atoms with Gasteiger partial charge >= 0.3 is 0 Å². The lowest BCUT2D eigenvalue weighted by atomic mass is 10.2. The summed E-state index contributed by atoms with van der Waals surface area (Å²) in [6.45, 7) is 5.47. The van der Waals surface area contributed by atoms with Crippen LogP contribution in [0.5, 0.6) is 5.75 Å². The van der Waals surface area contributed by atoms with E-state index in [2.05, 4.69) is 15.1 Å².